The number of hydrogen-bond acceptors (Lipinski definition) is 4. The number of carbonyl (C=O) groups is 1. The minimum Gasteiger partial charge on any atom is -0.388 e. The first kappa shape index (κ1) is 17.8. The highest BCUT2D eigenvalue weighted by atomic mass is 16.5. The molecule has 0 aliphatic carbocycles. The van der Waals surface area contributed by atoms with Crippen molar-refractivity contribution in [2.24, 2.45) is 0 Å². The number of rotatable bonds is 5. The number of carbonyl (C=O) groups excluding carboxylic acids is 1. The lowest BCUT2D eigenvalue weighted by Gasteiger charge is -2.24. The fourth-order valence-electron chi connectivity index (χ4n) is 2.97. The molecule has 1 amide bonds. The monoisotopic (exact) mass is 320 g/mol. The first-order chi connectivity index (χ1) is 11.1. The van der Waals surface area contributed by atoms with Gasteiger partial charge in [0.15, 0.2) is 0 Å². The van der Waals surface area contributed by atoms with E-state index in [9.17, 15) is 9.90 Å². The van der Waals surface area contributed by atoms with Crippen LogP contribution in [0.15, 0.2) is 18.2 Å². The van der Waals surface area contributed by atoms with Crippen molar-refractivity contribution in [2.45, 2.75) is 38.2 Å². The van der Waals surface area contributed by atoms with E-state index < -0.39 is 6.10 Å². The minimum atomic E-state index is -0.508. The molecule has 2 rings (SSSR count). The van der Waals surface area contributed by atoms with E-state index in [1.165, 1.54) is 0 Å². The van der Waals surface area contributed by atoms with Crippen molar-refractivity contribution in [1.29, 1.82) is 0 Å². The fourth-order valence-corrected chi connectivity index (χ4v) is 2.97. The van der Waals surface area contributed by atoms with Crippen LogP contribution < -0.4 is 10.2 Å². The van der Waals surface area contributed by atoms with Crippen LogP contribution in [0.5, 0.6) is 0 Å². The molecule has 0 bridgehead atoms. The Bertz CT molecular complexity index is 519. The van der Waals surface area contributed by atoms with Gasteiger partial charge in [-0.3, -0.25) is 4.79 Å². The molecule has 1 unspecified atom stereocenters. The lowest BCUT2D eigenvalue weighted by molar-refractivity contribution is 0.0948. The van der Waals surface area contributed by atoms with Crippen molar-refractivity contribution in [1.82, 2.24) is 5.32 Å². The van der Waals surface area contributed by atoms with Crippen molar-refractivity contribution < 1.29 is 14.6 Å². The Morgan fingerprint density at radius 3 is 3.00 bits per heavy atom. The van der Waals surface area contributed by atoms with Gasteiger partial charge in [0.2, 0.25) is 0 Å². The van der Waals surface area contributed by atoms with E-state index in [1.54, 1.807) is 7.11 Å². The van der Waals surface area contributed by atoms with Crippen LogP contribution in [0, 0.1) is 0 Å². The van der Waals surface area contributed by atoms with Gasteiger partial charge in [-0.05, 0) is 37.5 Å². The van der Waals surface area contributed by atoms with Gasteiger partial charge in [-0.2, -0.15) is 0 Å². The van der Waals surface area contributed by atoms with E-state index in [-0.39, 0.29) is 5.91 Å². The van der Waals surface area contributed by atoms with Crippen LogP contribution in [0.1, 0.15) is 54.1 Å². The number of ether oxygens (including phenoxy) is 1. The number of aliphatic hydroxyl groups is 1. The maximum absolute atomic E-state index is 12.3. The summed E-state index contributed by atoms with van der Waals surface area (Å²) >= 11 is 0. The molecule has 23 heavy (non-hydrogen) atoms. The van der Waals surface area contributed by atoms with Crippen molar-refractivity contribution in [2.75, 3.05) is 38.8 Å². The third-order valence-corrected chi connectivity index (χ3v) is 4.34. The minimum absolute atomic E-state index is 0.0985. The average Bonchev–Trinajstić information content (AvgIpc) is 2.62. The van der Waals surface area contributed by atoms with Crippen LogP contribution in [-0.2, 0) is 4.74 Å². The van der Waals surface area contributed by atoms with Crippen molar-refractivity contribution in [3.63, 3.8) is 0 Å². The number of methoxy groups -OCH3 is 1. The third kappa shape index (κ3) is 4.94. The summed E-state index contributed by atoms with van der Waals surface area (Å²) in [5.41, 5.74) is 2.49. The molecule has 0 saturated carbocycles. The van der Waals surface area contributed by atoms with Gasteiger partial charge in [0.25, 0.3) is 5.91 Å². The van der Waals surface area contributed by atoms with Crippen LogP contribution in [0.2, 0.25) is 0 Å². The summed E-state index contributed by atoms with van der Waals surface area (Å²) in [6.45, 7) is 2.20. The summed E-state index contributed by atoms with van der Waals surface area (Å²) in [4.78, 5) is 14.4. The zero-order valence-electron chi connectivity index (χ0n) is 14.2. The molecule has 0 spiro atoms. The van der Waals surface area contributed by atoms with Gasteiger partial charge < -0.3 is 20.1 Å². The fraction of sp³-hybridized carbons (Fsp3) is 0.611. The lowest BCUT2D eigenvalue weighted by Crippen LogP contribution is -2.26. The van der Waals surface area contributed by atoms with Crippen LogP contribution in [-0.4, -0.2) is 44.9 Å². The first-order valence-corrected chi connectivity index (χ1v) is 8.43. The van der Waals surface area contributed by atoms with Crippen LogP contribution in [0.3, 0.4) is 0 Å². The zero-order valence-corrected chi connectivity index (χ0v) is 14.2. The number of nitrogens with zero attached hydrogens (tertiary/aromatic N) is 1. The second-order valence-corrected chi connectivity index (χ2v) is 6.16. The number of fused-ring (bicyclic) bond motifs is 1. The summed E-state index contributed by atoms with van der Waals surface area (Å²) in [5.74, 6) is -0.0985. The highest BCUT2D eigenvalue weighted by Crippen LogP contribution is 2.31. The Labute approximate surface area is 138 Å². The summed E-state index contributed by atoms with van der Waals surface area (Å²) in [6, 6.07) is 5.63. The molecule has 1 heterocycles. The summed E-state index contributed by atoms with van der Waals surface area (Å²) in [7, 11) is 3.69. The highest BCUT2D eigenvalue weighted by Gasteiger charge is 2.19. The standard InChI is InChI=1S/C18H28N2O3/c1-20-11-5-3-4-7-17(21)15-13-14(8-9-16(15)20)18(22)19-10-6-12-23-2/h8-9,13,17,21H,3-7,10-12H2,1-2H3,(H,19,22). The Morgan fingerprint density at radius 2 is 2.22 bits per heavy atom. The number of nitrogens with one attached hydrogen (secondary N) is 1. The van der Waals surface area contributed by atoms with E-state index in [0.717, 1.165) is 49.9 Å². The second kappa shape index (κ2) is 8.89. The molecule has 0 aromatic heterocycles. The molecule has 128 valence electrons. The molecule has 1 aromatic carbocycles. The Morgan fingerprint density at radius 1 is 1.39 bits per heavy atom. The Kier molecular flexibility index (Phi) is 6.86. The number of hydrogen-bond donors (Lipinski definition) is 2. The lowest BCUT2D eigenvalue weighted by atomic mass is 9.99. The van der Waals surface area contributed by atoms with Gasteiger partial charge in [0.1, 0.15) is 0 Å². The average molecular weight is 320 g/mol. The quantitative estimate of drug-likeness (QED) is 0.818. The van der Waals surface area contributed by atoms with Gasteiger partial charge in [-0.1, -0.05) is 12.8 Å². The Balaban J connectivity index is 2.14. The van der Waals surface area contributed by atoms with E-state index >= 15 is 0 Å². The maximum atomic E-state index is 12.3. The molecule has 1 aromatic rings. The van der Waals surface area contributed by atoms with Crippen LogP contribution >= 0.6 is 0 Å². The topological polar surface area (TPSA) is 61.8 Å². The third-order valence-electron chi connectivity index (χ3n) is 4.34. The number of benzene rings is 1. The predicted octanol–water partition coefficient (Wildman–Crippen LogP) is 2.50. The molecule has 0 saturated heterocycles. The van der Waals surface area contributed by atoms with Gasteiger partial charge in [-0.25, -0.2) is 0 Å². The van der Waals surface area contributed by atoms with E-state index in [0.29, 0.717) is 18.7 Å². The normalized spacial score (nSPS) is 18.6. The summed E-state index contributed by atoms with van der Waals surface area (Å²) in [5, 5.41) is 13.4. The zero-order chi connectivity index (χ0) is 16.7. The van der Waals surface area contributed by atoms with Crippen LogP contribution in [0.25, 0.3) is 0 Å². The van der Waals surface area contributed by atoms with Gasteiger partial charge in [-0.15, -0.1) is 0 Å². The largest absolute Gasteiger partial charge is 0.388 e. The molecular formula is C18H28N2O3. The first-order valence-electron chi connectivity index (χ1n) is 8.43. The summed E-state index contributed by atoms with van der Waals surface area (Å²) in [6.07, 6.45) is 4.30. The molecule has 5 nitrogen and oxygen atoms in total. The number of amides is 1. The van der Waals surface area contributed by atoms with Crippen molar-refractivity contribution >= 4 is 11.6 Å². The second-order valence-electron chi connectivity index (χ2n) is 6.16. The van der Waals surface area contributed by atoms with Gasteiger partial charge in [0, 0.05) is 50.7 Å². The molecule has 5 heteroatoms. The molecule has 0 radical (unpaired) electrons. The van der Waals surface area contributed by atoms with E-state index in [2.05, 4.69) is 10.2 Å². The highest BCUT2D eigenvalue weighted by molar-refractivity contribution is 5.95. The SMILES string of the molecule is COCCCNC(=O)c1ccc2c(c1)C(O)CCCCCN2C. The smallest absolute Gasteiger partial charge is 0.251 e. The van der Waals surface area contributed by atoms with Crippen LogP contribution in [0.4, 0.5) is 5.69 Å². The maximum Gasteiger partial charge on any atom is 0.251 e. The predicted molar refractivity (Wildman–Crippen MR) is 92.0 cm³/mol. The number of aliphatic hydroxyl groups excluding tert-OH is 1. The molecule has 1 atom stereocenters. The van der Waals surface area contributed by atoms with Gasteiger partial charge >= 0.3 is 0 Å². The van der Waals surface area contributed by atoms with Crippen molar-refractivity contribution in [3.05, 3.63) is 29.3 Å². The summed E-state index contributed by atoms with van der Waals surface area (Å²) < 4.78 is 4.98. The molecular weight excluding hydrogens is 292 g/mol. The molecule has 1 aliphatic rings. The Hall–Kier alpha value is -1.59. The van der Waals surface area contributed by atoms with E-state index in [1.807, 2.05) is 25.2 Å². The molecule has 0 fully saturated rings. The van der Waals surface area contributed by atoms with Gasteiger partial charge in [0.05, 0.1) is 6.10 Å². The molecule has 1 aliphatic heterocycles. The molecule has 2 N–H and O–H groups in total. The number of anilines is 1. The van der Waals surface area contributed by atoms with E-state index in [4.69, 9.17) is 4.74 Å². The van der Waals surface area contributed by atoms with Crippen molar-refractivity contribution in [3.8, 4) is 0 Å².